The molecule has 1 aromatic rings. The van der Waals surface area contributed by atoms with Crippen molar-refractivity contribution in [3.63, 3.8) is 0 Å². The van der Waals surface area contributed by atoms with Gasteiger partial charge in [0.15, 0.2) is 0 Å². The zero-order valence-corrected chi connectivity index (χ0v) is 13.1. The molecular formula is C16H20ClNO4. The van der Waals surface area contributed by atoms with E-state index in [0.717, 1.165) is 26.0 Å². The van der Waals surface area contributed by atoms with Crippen LogP contribution in [0.25, 0.3) is 0 Å². The van der Waals surface area contributed by atoms with Gasteiger partial charge in [-0.3, -0.25) is 4.90 Å². The van der Waals surface area contributed by atoms with Gasteiger partial charge >= 0.3 is 5.97 Å². The Morgan fingerprint density at radius 2 is 2.27 bits per heavy atom. The largest absolute Gasteiger partial charge is 0.478 e. The van der Waals surface area contributed by atoms with Crippen LogP contribution in [0.4, 0.5) is 0 Å². The molecule has 2 unspecified atom stereocenters. The van der Waals surface area contributed by atoms with Crippen molar-refractivity contribution in [3.8, 4) is 0 Å². The van der Waals surface area contributed by atoms with Crippen molar-refractivity contribution < 1.29 is 19.4 Å². The van der Waals surface area contributed by atoms with Crippen LogP contribution < -0.4 is 0 Å². The van der Waals surface area contributed by atoms with Crippen LogP contribution in [0.5, 0.6) is 0 Å². The first-order valence-corrected chi connectivity index (χ1v) is 7.98. The third-order valence-corrected chi connectivity index (χ3v) is 4.74. The first kappa shape index (κ1) is 15.7. The molecule has 2 atom stereocenters. The molecule has 1 N–H and O–H groups in total. The molecule has 6 heteroatoms. The maximum absolute atomic E-state index is 11.4. The summed E-state index contributed by atoms with van der Waals surface area (Å²) in [7, 11) is 0. The highest BCUT2D eigenvalue weighted by atomic mass is 35.5. The number of aromatic carboxylic acids is 1. The summed E-state index contributed by atoms with van der Waals surface area (Å²) in [5, 5.41) is 9.87. The lowest BCUT2D eigenvalue weighted by molar-refractivity contribution is -0.0685. The Balaban J connectivity index is 1.82. The number of halogens is 1. The lowest BCUT2D eigenvalue weighted by atomic mass is 10.0. The number of carbonyl (C=O) groups is 1. The summed E-state index contributed by atoms with van der Waals surface area (Å²) in [6, 6.07) is 5.18. The van der Waals surface area contributed by atoms with Crippen molar-refractivity contribution in [2.45, 2.75) is 31.5 Å². The highest BCUT2D eigenvalue weighted by molar-refractivity contribution is 6.31. The van der Waals surface area contributed by atoms with Crippen LogP contribution in [0.1, 0.15) is 28.8 Å². The van der Waals surface area contributed by atoms with Crippen LogP contribution >= 0.6 is 11.6 Å². The van der Waals surface area contributed by atoms with Gasteiger partial charge < -0.3 is 14.6 Å². The molecule has 0 amide bonds. The van der Waals surface area contributed by atoms with E-state index >= 15 is 0 Å². The molecule has 2 heterocycles. The molecule has 0 saturated carbocycles. The van der Waals surface area contributed by atoms with Gasteiger partial charge in [-0.25, -0.2) is 4.79 Å². The predicted molar refractivity (Wildman–Crippen MR) is 82.4 cm³/mol. The Morgan fingerprint density at radius 3 is 3.00 bits per heavy atom. The van der Waals surface area contributed by atoms with Crippen LogP contribution in [0, 0.1) is 0 Å². The second kappa shape index (κ2) is 6.96. The molecular weight excluding hydrogens is 306 g/mol. The fraction of sp³-hybridized carbons (Fsp3) is 0.562. The van der Waals surface area contributed by atoms with Crippen LogP contribution in [-0.2, 0) is 16.0 Å². The van der Waals surface area contributed by atoms with E-state index in [0.29, 0.717) is 30.3 Å². The number of hydrogen-bond donors (Lipinski definition) is 1. The van der Waals surface area contributed by atoms with Crippen molar-refractivity contribution in [3.05, 3.63) is 34.3 Å². The molecule has 0 radical (unpaired) electrons. The minimum absolute atomic E-state index is 0.161. The van der Waals surface area contributed by atoms with E-state index in [1.54, 1.807) is 18.2 Å². The summed E-state index contributed by atoms with van der Waals surface area (Å²) >= 11 is 6.25. The van der Waals surface area contributed by atoms with Gasteiger partial charge in [-0.1, -0.05) is 17.7 Å². The first-order chi connectivity index (χ1) is 10.7. The van der Waals surface area contributed by atoms with E-state index in [4.69, 9.17) is 21.1 Å². The number of nitrogens with zero attached hydrogens (tertiary/aromatic N) is 1. The second-order valence-electron chi connectivity index (χ2n) is 5.74. The molecule has 22 heavy (non-hydrogen) atoms. The standard InChI is InChI=1S/C16H20ClNO4/c17-13-4-1-3-11(16(19)20)12(13)9-18-6-8-21-10-14(18)15-5-2-7-22-15/h1,3-4,14-15H,2,5-10H2,(H,19,20). The van der Waals surface area contributed by atoms with E-state index in [-0.39, 0.29) is 17.7 Å². The maximum Gasteiger partial charge on any atom is 0.336 e. The van der Waals surface area contributed by atoms with E-state index in [1.165, 1.54) is 0 Å². The van der Waals surface area contributed by atoms with Crippen LogP contribution in [-0.4, -0.2) is 54.5 Å². The molecule has 2 aliphatic rings. The Labute approximate surface area is 134 Å². The number of rotatable bonds is 4. The minimum Gasteiger partial charge on any atom is -0.478 e. The molecule has 120 valence electrons. The van der Waals surface area contributed by atoms with Gasteiger partial charge in [-0.05, 0) is 30.5 Å². The van der Waals surface area contributed by atoms with Crippen molar-refractivity contribution >= 4 is 17.6 Å². The maximum atomic E-state index is 11.4. The smallest absolute Gasteiger partial charge is 0.336 e. The molecule has 0 aromatic heterocycles. The quantitative estimate of drug-likeness (QED) is 0.921. The fourth-order valence-corrected chi connectivity index (χ4v) is 3.46. The van der Waals surface area contributed by atoms with E-state index < -0.39 is 5.97 Å². The summed E-state index contributed by atoms with van der Waals surface area (Å²) in [5.41, 5.74) is 0.937. The zero-order chi connectivity index (χ0) is 15.5. The van der Waals surface area contributed by atoms with Crippen molar-refractivity contribution in [2.75, 3.05) is 26.4 Å². The molecule has 2 aliphatic heterocycles. The highest BCUT2D eigenvalue weighted by Gasteiger charge is 2.34. The Kier molecular flexibility index (Phi) is 4.98. The van der Waals surface area contributed by atoms with E-state index in [1.807, 2.05) is 0 Å². The molecule has 2 saturated heterocycles. The molecule has 5 nitrogen and oxygen atoms in total. The van der Waals surface area contributed by atoms with Crippen LogP contribution in [0.15, 0.2) is 18.2 Å². The average molecular weight is 326 g/mol. The predicted octanol–water partition coefficient (Wildman–Crippen LogP) is 2.42. The van der Waals surface area contributed by atoms with Crippen LogP contribution in [0.3, 0.4) is 0 Å². The third kappa shape index (κ3) is 3.27. The second-order valence-corrected chi connectivity index (χ2v) is 6.14. The highest BCUT2D eigenvalue weighted by Crippen LogP contribution is 2.27. The molecule has 0 aliphatic carbocycles. The summed E-state index contributed by atoms with van der Waals surface area (Å²) in [6.45, 7) is 3.33. The third-order valence-electron chi connectivity index (χ3n) is 4.39. The summed E-state index contributed by atoms with van der Waals surface area (Å²) in [6.07, 6.45) is 2.26. The van der Waals surface area contributed by atoms with Crippen LogP contribution in [0.2, 0.25) is 5.02 Å². The number of hydrogen-bond acceptors (Lipinski definition) is 4. The molecule has 0 bridgehead atoms. The number of carboxylic acids is 1. The SMILES string of the molecule is O=C(O)c1cccc(Cl)c1CN1CCOCC1C1CCCO1. The number of carboxylic acid groups (broad SMARTS) is 1. The summed E-state index contributed by atoms with van der Waals surface area (Å²) < 4.78 is 11.4. The van der Waals surface area contributed by atoms with E-state index in [9.17, 15) is 9.90 Å². The monoisotopic (exact) mass is 325 g/mol. The number of benzene rings is 1. The summed E-state index contributed by atoms with van der Waals surface area (Å²) in [5.74, 6) is -0.945. The van der Waals surface area contributed by atoms with Gasteiger partial charge in [-0.15, -0.1) is 0 Å². The van der Waals surface area contributed by atoms with Gasteiger partial charge in [-0.2, -0.15) is 0 Å². The van der Waals surface area contributed by atoms with Gasteiger partial charge in [0.25, 0.3) is 0 Å². The topological polar surface area (TPSA) is 59.0 Å². The average Bonchev–Trinajstić information content (AvgIpc) is 3.03. The van der Waals surface area contributed by atoms with Gasteiger partial charge in [0.05, 0.1) is 30.9 Å². The molecule has 0 spiro atoms. The van der Waals surface area contributed by atoms with Crippen molar-refractivity contribution in [1.29, 1.82) is 0 Å². The molecule has 2 fully saturated rings. The minimum atomic E-state index is -0.945. The lowest BCUT2D eigenvalue weighted by Gasteiger charge is -2.38. The van der Waals surface area contributed by atoms with Crippen molar-refractivity contribution in [1.82, 2.24) is 4.90 Å². The van der Waals surface area contributed by atoms with Gasteiger partial charge in [0.1, 0.15) is 0 Å². The number of ether oxygens (including phenoxy) is 2. The Bertz CT molecular complexity index is 545. The summed E-state index contributed by atoms with van der Waals surface area (Å²) in [4.78, 5) is 13.7. The Morgan fingerprint density at radius 1 is 1.41 bits per heavy atom. The molecule has 3 rings (SSSR count). The lowest BCUT2D eigenvalue weighted by Crippen LogP contribution is -2.51. The Hall–Kier alpha value is -1.14. The van der Waals surface area contributed by atoms with Gasteiger partial charge in [0, 0.05) is 24.7 Å². The van der Waals surface area contributed by atoms with E-state index in [2.05, 4.69) is 4.90 Å². The fourth-order valence-electron chi connectivity index (χ4n) is 3.22. The zero-order valence-electron chi connectivity index (χ0n) is 12.3. The van der Waals surface area contributed by atoms with Gasteiger partial charge in [0.2, 0.25) is 0 Å². The number of morpholine rings is 1. The normalized spacial score (nSPS) is 26.2. The molecule has 1 aromatic carbocycles. The first-order valence-electron chi connectivity index (χ1n) is 7.61. The van der Waals surface area contributed by atoms with Crippen molar-refractivity contribution in [2.24, 2.45) is 0 Å².